The van der Waals surface area contributed by atoms with Gasteiger partial charge in [0.05, 0.1) is 33.8 Å². The molecular weight excluding hydrogens is 521 g/mol. The number of ether oxygens (including phenoxy) is 1. The molecule has 190 valence electrons. The molecule has 0 fully saturated rings. The van der Waals surface area contributed by atoms with E-state index >= 15 is 0 Å². The smallest absolute Gasteiger partial charge is 0.416 e. The fourth-order valence-corrected chi connectivity index (χ4v) is 4.80. The van der Waals surface area contributed by atoms with Gasteiger partial charge < -0.3 is 10.1 Å². The highest BCUT2D eigenvalue weighted by Crippen LogP contribution is 2.33. The van der Waals surface area contributed by atoms with Gasteiger partial charge in [0.1, 0.15) is 6.54 Å². The average molecular weight is 541 g/mol. The van der Waals surface area contributed by atoms with Crippen molar-refractivity contribution in [2.24, 2.45) is 0 Å². The predicted octanol–water partition coefficient (Wildman–Crippen LogP) is 5.29. The zero-order valence-corrected chi connectivity index (χ0v) is 20.5. The lowest BCUT2D eigenvalue weighted by Crippen LogP contribution is -2.38. The molecule has 3 rings (SSSR count). The van der Waals surface area contributed by atoms with Gasteiger partial charge in [-0.25, -0.2) is 13.2 Å². The number of anilines is 2. The van der Waals surface area contributed by atoms with Crippen molar-refractivity contribution in [3.05, 3.63) is 88.4 Å². The molecule has 0 saturated heterocycles. The number of carbonyl (C=O) groups is 2. The van der Waals surface area contributed by atoms with Crippen LogP contribution in [0.15, 0.2) is 71.6 Å². The maximum atomic E-state index is 13.4. The molecule has 0 heterocycles. The lowest BCUT2D eigenvalue weighted by Gasteiger charge is -2.25. The average Bonchev–Trinajstić information content (AvgIpc) is 2.83. The molecule has 0 radical (unpaired) electrons. The summed E-state index contributed by atoms with van der Waals surface area (Å²) in [5.41, 5.74) is -0.612. The maximum absolute atomic E-state index is 13.4. The van der Waals surface area contributed by atoms with Crippen LogP contribution in [0.5, 0.6) is 0 Å². The number of halogens is 4. The molecule has 0 spiro atoms. The van der Waals surface area contributed by atoms with Crippen molar-refractivity contribution in [2.45, 2.75) is 18.0 Å². The highest BCUT2D eigenvalue weighted by atomic mass is 35.5. The van der Waals surface area contributed by atoms with Crippen molar-refractivity contribution in [2.75, 3.05) is 23.3 Å². The molecule has 0 unspecified atom stereocenters. The minimum absolute atomic E-state index is 0.0426. The van der Waals surface area contributed by atoms with Crippen LogP contribution in [0.3, 0.4) is 0 Å². The first kappa shape index (κ1) is 27.0. The third-order valence-electron chi connectivity index (χ3n) is 5.01. The fraction of sp³-hybridized carbons (Fsp3) is 0.167. The highest BCUT2D eigenvalue weighted by molar-refractivity contribution is 7.92. The lowest BCUT2D eigenvalue weighted by molar-refractivity contribution is -0.137. The van der Waals surface area contributed by atoms with E-state index in [0.29, 0.717) is 10.4 Å². The van der Waals surface area contributed by atoms with Gasteiger partial charge in [-0.3, -0.25) is 9.10 Å². The van der Waals surface area contributed by atoms with Crippen LogP contribution in [-0.2, 0) is 25.7 Å². The normalized spacial score (nSPS) is 11.6. The van der Waals surface area contributed by atoms with Gasteiger partial charge in [0, 0.05) is 5.69 Å². The standard InChI is InChI=1S/C24H20ClF3N2O5S/c1-15-6-9-19(10-7-15)36(33,34)30(18-5-3-4-16(12-18)24(26,27)28)14-22(31)29-17-8-11-21(25)20(13-17)23(32)35-2/h3-13H,14H2,1-2H3,(H,29,31). The van der Waals surface area contributed by atoms with Crippen molar-refractivity contribution in [3.63, 3.8) is 0 Å². The number of nitrogens with zero attached hydrogens (tertiary/aromatic N) is 1. The molecule has 0 aliphatic rings. The highest BCUT2D eigenvalue weighted by Gasteiger charge is 2.33. The Bertz CT molecular complexity index is 1390. The summed E-state index contributed by atoms with van der Waals surface area (Å²) in [4.78, 5) is 24.5. The number of methoxy groups -OCH3 is 1. The molecule has 1 N–H and O–H groups in total. The second-order valence-electron chi connectivity index (χ2n) is 7.61. The first-order chi connectivity index (χ1) is 16.8. The number of carbonyl (C=O) groups excluding carboxylic acids is 2. The van der Waals surface area contributed by atoms with Gasteiger partial charge >= 0.3 is 12.1 Å². The Balaban J connectivity index is 2.00. The molecule has 7 nitrogen and oxygen atoms in total. The Morgan fingerprint density at radius 2 is 1.69 bits per heavy atom. The number of hydrogen-bond acceptors (Lipinski definition) is 5. The van der Waals surface area contributed by atoms with Crippen molar-refractivity contribution in [3.8, 4) is 0 Å². The molecule has 3 aromatic rings. The second kappa shape index (κ2) is 10.6. The van der Waals surface area contributed by atoms with E-state index in [1.54, 1.807) is 6.92 Å². The summed E-state index contributed by atoms with van der Waals surface area (Å²) in [7, 11) is -3.30. The van der Waals surface area contributed by atoms with Gasteiger partial charge in [0.15, 0.2) is 0 Å². The van der Waals surface area contributed by atoms with Gasteiger partial charge in [0.25, 0.3) is 10.0 Å². The van der Waals surface area contributed by atoms with E-state index in [0.717, 1.165) is 30.9 Å². The Morgan fingerprint density at radius 3 is 2.31 bits per heavy atom. The van der Waals surface area contributed by atoms with Gasteiger partial charge in [-0.05, 0) is 55.5 Å². The van der Waals surface area contributed by atoms with Crippen LogP contribution in [-0.4, -0.2) is 33.9 Å². The van der Waals surface area contributed by atoms with E-state index in [1.165, 1.54) is 42.5 Å². The van der Waals surface area contributed by atoms with Gasteiger partial charge in [-0.1, -0.05) is 35.4 Å². The molecule has 0 aliphatic carbocycles. The number of aryl methyl sites for hydroxylation is 1. The molecule has 36 heavy (non-hydrogen) atoms. The largest absolute Gasteiger partial charge is 0.465 e. The van der Waals surface area contributed by atoms with Crippen LogP contribution in [0.2, 0.25) is 5.02 Å². The van der Waals surface area contributed by atoms with Crippen LogP contribution < -0.4 is 9.62 Å². The van der Waals surface area contributed by atoms with Crippen LogP contribution in [0.4, 0.5) is 24.5 Å². The Labute approximate surface area is 210 Å². The number of hydrogen-bond donors (Lipinski definition) is 1. The number of sulfonamides is 1. The minimum atomic E-state index is -4.73. The summed E-state index contributed by atoms with van der Waals surface area (Å²) in [5, 5.41) is 2.49. The van der Waals surface area contributed by atoms with Gasteiger partial charge in [-0.15, -0.1) is 0 Å². The zero-order chi connectivity index (χ0) is 26.7. The van der Waals surface area contributed by atoms with Crippen molar-refractivity contribution in [1.29, 1.82) is 0 Å². The third kappa shape index (κ3) is 6.16. The minimum Gasteiger partial charge on any atom is -0.465 e. The van der Waals surface area contributed by atoms with Gasteiger partial charge in [-0.2, -0.15) is 13.2 Å². The molecule has 0 aromatic heterocycles. The molecule has 0 atom stereocenters. The quantitative estimate of drug-likeness (QED) is 0.411. The number of rotatable bonds is 7. The summed E-state index contributed by atoms with van der Waals surface area (Å²) >= 11 is 5.97. The van der Waals surface area contributed by atoms with Gasteiger partial charge in [0.2, 0.25) is 5.91 Å². The fourth-order valence-electron chi connectivity index (χ4n) is 3.19. The maximum Gasteiger partial charge on any atom is 0.416 e. The van der Waals surface area contributed by atoms with Crippen LogP contribution in [0, 0.1) is 6.92 Å². The summed E-state index contributed by atoms with van der Waals surface area (Å²) in [5.74, 6) is -1.63. The third-order valence-corrected chi connectivity index (χ3v) is 7.13. The Morgan fingerprint density at radius 1 is 1.03 bits per heavy atom. The number of benzene rings is 3. The summed E-state index contributed by atoms with van der Waals surface area (Å²) in [6.45, 7) is 0.886. The Kier molecular flexibility index (Phi) is 7.95. The zero-order valence-electron chi connectivity index (χ0n) is 19.0. The molecule has 3 aromatic carbocycles. The molecule has 0 saturated carbocycles. The van der Waals surface area contributed by atoms with E-state index in [2.05, 4.69) is 10.1 Å². The lowest BCUT2D eigenvalue weighted by atomic mass is 10.2. The molecule has 12 heteroatoms. The number of esters is 1. The van der Waals surface area contributed by atoms with Crippen molar-refractivity contribution < 1.29 is 35.9 Å². The monoisotopic (exact) mass is 540 g/mol. The molecule has 0 aliphatic heterocycles. The molecule has 1 amide bonds. The molecular formula is C24H20ClF3N2O5S. The summed E-state index contributed by atoms with van der Waals surface area (Å²) in [6, 6.07) is 13.2. The SMILES string of the molecule is COC(=O)c1cc(NC(=O)CN(c2cccc(C(F)(F)F)c2)S(=O)(=O)c2ccc(C)cc2)ccc1Cl. The van der Waals surface area contributed by atoms with Crippen molar-refractivity contribution >= 4 is 44.9 Å². The number of nitrogens with one attached hydrogen (secondary N) is 1. The summed E-state index contributed by atoms with van der Waals surface area (Å²) in [6.07, 6.45) is -4.73. The van der Waals surface area contributed by atoms with Crippen LogP contribution >= 0.6 is 11.6 Å². The summed E-state index contributed by atoms with van der Waals surface area (Å²) < 4.78 is 72.0. The second-order valence-corrected chi connectivity index (χ2v) is 9.88. The van der Waals surface area contributed by atoms with E-state index in [1.807, 2.05) is 0 Å². The topological polar surface area (TPSA) is 92.8 Å². The van der Waals surface area contributed by atoms with Crippen LogP contribution in [0.25, 0.3) is 0 Å². The van der Waals surface area contributed by atoms with Crippen LogP contribution in [0.1, 0.15) is 21.5 Å². The predicted molar refractivity (Wildman–Crippen MR) is 129 cm³/mol. The van der Waals surface area contributed by atoms with E-state index < -0.39 is 40.2 Å². The number of amides is 1. The van der Waals surface area contributed by atoms with E-state index in [9.17, 15) is 31.2 Å². The first-order valence-corrected chi connectivity index (χ1v) is 12.1. The first-order valence-electron chi connectivity index (χ1n) is 10.3. The van der Waals surface area contributed by atoms with E-state index in [-0.39, 0.29) is 26.9 Å². The Hall–Kier alpha value is -3.57. The number of alkyl halides is 3. The molecule has 0 bridgehead atoms. The van der Waals surface area contributed by atoms with E-state index in [4.69, 9.17) is 11.6 Å². The van der Waals surface area contributed by atoms with Crippen molar-refractivity contribution in [1.82, 2.24) is 0 Å².